The van der Waals surface area contributed by atoms with E-state index >= 15 is 0 Å². The minimum Gasteiger partial charge on any atom is -0.465 e. The molecule has 0 bridgehead atoms. The van der Waals surface area contributed by atoms with Crippen molar-refractivity contribution in [3.8, 4) is 6.07 Å². The Morgan fingerprint density at radius 1 is 1.50 bits per heavy atom. The van der Waals surface area contributed by atoms with E-state index in [0.717, 1.165) is 18.1 Å². The largest absolute Gasteiger partial charge is 0.465 e. The number of nitrogens with two attached hydrogens (primary N) is 1. The molecule has 1 heterocycles. The third kappa shape index (κ3) is 4.15. The van der Waals surface area contributed by atoms with Crippen LogP contribution < -0.4 is 5.73 Å². The standard InChI is InChI=1S/C13H21N3O2/c1-11-4-5-13(18-11)12(10-15)16(7-3-6-14)8-9-17-2/h4-5,12H,3,7-10,15H2,1-2H3. The molecule has 0 radical (unpaired) electrons. The van der Waals surface area contributed by atoms with Crippen LogP contribution in [0, 0.1) is 18.3 Å². The summed E-state index contributed by atoms with van der Waals surface area (Å²) in [6.45, 7) is 4.39. The molecule has 1 aromatic heterocycles. The predicted octanol–water partition coefficient (Wildman–Crippen LogP) is 1.45. The van der Waals surface area contributed by atoms with Gasteiger partial charge in [0.2, 0.25) is 0 Å². The molecule has 1 atom stereocenters. The number of rotatable bonds is 8. The fourth-order valence-electron chi connectivity index (χ4n) is 1.90. The first-order valence-corrected chi connectivity index (χ1v) is 6.09. The van der Waals surface area contributed by atoms with Crippen molar-refractivity contribution in [3.63, 3.8) is 0 Å². The molecule has 0 aliphatic heterocycles. The van der Waals surface area contributed by atoms with Crippen molar-refractivity contribution >= 4 is 0 Å². The van der Waals surface area contributed by atoms with Gasteiger partial charge < -0.3 is 14.9 Å². The van der Waals surface area contributed by atoms with Crippen molar-refractivity contribution < 1.29 is 9.15 Å². The van der Waals surface area contributed by atoms with Gasteiger partial charge in [-0.05, 0) is 19.1 Å². The van der Waals surface area contributed by atoms with Gasteiger partial charge in [0, 0.05) is 33.2 Å². The average molecular weight is 251 g/mol. The fraction of sp³-hybridized carbons (Fsp3) is 0.615. The highest BCUT2D eigenvalue weighted by molar-refractivity contribution is 5.10. The highest BCUT2D eigenvalue weighted by Crippen LogP contribution is 2.21. The van der Waals surface area contributed by atoms with Gasteiger partial charge >= 0.3 is 0 Å². The van der Waals surface area contributed by atoms with E-state index in [0.29, 0.717) is 26.1 Å². The number of nitriles is 1. The first-order valence-electron chi connectivity index (χ1n) is 6.09. The first-order chi connectivity index (χ1) is 8.72. The number of hydrogen-bond acceptors (Lipinski definition) is 5. The molecule has 0 aliphatic carbocycles. The summed E-state index contributed by atoms with van der Waals surface area (Å²) in [7, 11) is 1.66. The molecule has 0 saturated carbocycles. The second kappa shape index (κ2) is 7.88. The van der Waals surface area contributed by atoms with Crippen molar-refractivity contribution in [1.82, 2.24) is 4.90 Å². The molecule has 5 heteroatoms. The Kier molecular flexibility index (Phi) is 6.44. The summed E-state index contributed by atoms with van der Waals surface area (Å²) in [6.07, 6.45) is 0.472. The van der Waals surface area contributed by atoms with E-state index in [9.17, 15) is 0 Å². The Balaban J connectivity index is 2.75. The van der Waals surface area contributed by atoms with Gasteiger partial charge in [0.1, 0.15) is 11.5 Å². The molecule has 2 N–H and O–H groups in total. The summed E-state index contributed by atoms with van der Waals surface area (Å²) in [4.78, 5) is 2.13. The second-order valence-corrected chi connectivity index (χ2v) is 4.14. The highest BCUT2D eigenvalue weighted by atomic mass is 16.5. The molecule has 1 unspecified atom stereocenters. The average Bonchev–Trinajstić information content (AvgIpc) is 2.79. The Bertz CT molecular complexity index is 384. The summed E-state index contributed by atoms with van der Waals surface area (Å²) >= 11 is 0. The maximum Gasteiger partial charge on any atom is 0.122 e. The van der Waals surface area contributed by atoms with Crippen molar-refractivity contribution in [3.05, 3.63) is 23.7 Å². The fourth-order valence-corrected chi connectivity index (χ4v) is 1.90. The van der Waals surface area contributed by atoms with Crippen LogP contribution in [-0.4, -0.2) is 38.3 Å². The molecule has 0 saturated heterocycles. The van der Waals surface area contributed by atoms with Gasteiger partial charge in [0.05, 0.1) is 18.7 Å². The van der Waals surface area contributed by atoms with E-state index in [4.69, 9.17) is 20.1 Å². The third-order valence-electron chi connectivity index (χ3n) is 2.85. The van der Waals surface area contributed by atoms with E-state index in [1.165, 1.54) is 0 Å². The van der Waals surface area contributed by atoms with E-state index in [-0.39, 0.29) is 6.04 Å². The summed E-state index contributed by atoms with van der Waals surface area (Å²) in [5.41, 5.74) is 5.83. The minimum atomic E-state index is 0.00204. The zero-order valence-corrected chi connectivity index (χ0v) is 11.1. The third-order valence-corrected chi connectivity index (χ3v) is 2.85. The van der Waals surface area contributed by atoms with Gasteiger partial charge in [-0.15, -0.1) is 0 Å². The molecule has 18 heavy (non-hydrogen) atoms. The number of furan rings is 1. The smallest absolute Gasteiger partial charge is 0.122 e. The van der Waals surface area contributed by atoms with Gasteiger partial charge in [-0.25, -0.2) is 0 Å². The monoisotopic (exact) mass is 251 g/mol. The van der Waals surface area contributed by atoms with Crippen LogP contribution in [-0.2, 0) is 4.74 Å². The zero-order valence-electron chi connectivity index (χ0n) is 11.1. The number of ether oxygens (including phenoxy) is 1. The molecule has 0 aliphatic rings. The number of hydrogen-bond donors (Lipinski definition) is 1. The molecule has 1 rings (SSSR count). The highest BCUT2D eigenvalue weighted by Gasteiger charge is 2.21. The van der Waals surface area contributed by atoms with Crippen LogP contribution in [0.25, 0.3) is 0 Å². The molecule has 0 spiro atoms. The molecule has 100 valence electrons. The van der Waals surface area contributed by atoms with Crippen LogP contribution in [0.2, 0.25) is 0 Å². The van der Waals surface area contributed by atoms with Gasteiger partial charge in [0.15, 0.2) is 0 Å². The van der Waals surface area contributed by atoms with Crippen molar-refractivity contribution in [2.75, 3.05) is 33.4 Å². The zero-order chi connectivity index (χ0) is 13.4. The lowest BCUT2D eigenvalue weighted by molar-refractivity contribution is 0.114. The van der Waals surface area contributed by atoms with E-state index < -0.39 is 0 Å². The van der Waals surface area contributed by atoms with E-state index in [1.54, 1.807) is 7.11 Å². The molecule has 5 nitrogen and oxygen atoms in total. The summed E-state index contributed by atoms with van der Waals surface area (Å²) < 4.78 is 10.7. The van der Waals surface area contributed by atoms with Crippen LogP contribution in [0.4, 0.5) is 0 Å². The lowest BCUT2D eigenvalue weighted by Gasteiger charge is -2.28. The van der Waals surface area contributed by atoms with Crippen molar-refractivity contribution in [2.45, 2.75) is 19.4 Å². The lowest BCUT2D eigenvalue weighted by Crippen LogP contribution is -2.36. The van der Waals surface area contributed by atoms with Crippen LogP contribution in [0.15, 0.2) is 16.5 Å². The van der Waals surface area contributed by atoms with Crippen LogP contribution in [0.3, 0.4) is 0 Å². The van der Waals surface area contributed by atoms with Crippen LogP contribution in [0.1, 0.15) is 24.0 Å². The normalized spacial score (nSPS) is 12.6. The van der Waals surface area contributed by atoms with Crippen molar-refractivity contribution in [2.24, 2.45) is 5.73 Å². The SMILES string of the molecule is COCCN(CCC#N)C(CN)c1ccc(C)o1. The van der Waals surface area contributed by atoms with Gasteiger partial charge in [-0.3, -0.25) is 4.90 Å². The molecule has 0 amide bonds. The Morgan fingerprint density at radius 3 is 2.78 bits per heavy atom. The number of nitrogens with zero attached hydrogens (tertiary/aromatic N) is 2. The number of aryl methyl sites for hydroxylation is 1. The Labute approximate surface area is 108 Å². The van der Waals surface area contributed by atoms with Crippen molar-refractivity contribution in [1.29, 1.82) is 5.26 Å². The van der Waals surface area contributed by atoms with Gasteiger partial charge in [-0.1, -0.05) is 0 Å². The van der Waals surface area contributed by atoms with E-state index in [2.05, 4.69) is 11.0 Å². The lowest BCUT2D eigenvalue weighted by atomic mass is 10.2. The maximum atomic E-state index is 8.71. The Morgan fingerprint density at radius 2 is 2.28 bits per heavy atom. The topological polar surface area (TPSA) is 75.4 Å². The first kappa shape index (κ1) is 14.7. The molecule has 0 fully saturated rings. The molecular weight excluding hydrogens is 230 g/mol. The summed E-state index contributed by atoms with van der Waals surface area (Å²) in [5.74, 6) is 1.72. The molecule has 1 aromatic rings. The molecule has 0 aromatic carbocycles. The maximum absolute atomic E-state index is 8.71. The van der Waals surface area contributed by atoms with E-state index in [1.807, 2.05) is 19.1 Å². The summed E-state index contributed by atoms with van der Waals surface area (Å²) in [5, 5.41) is 8.71. The predicted molar refractivity (Wildman–Crippen MR) is 68.9 cm³/mol. The molecular formula is C13H21N3O2. The van der Waals surface area contributed by atoms with Gasteiger partial charge in [-0.2, -0.15) is 5.26 Å². The van der Waals surface area contributed by atoms with Gasteiger partial charge in [0.25, 0.3) is 0 Å². The Hall–Kier alpha value is -1.35. The number of methoxy groups -OCH3 is 1. The quantitative estimate of drug-likeness (QED) is 0.756. The van der Waals surface area contributed by atoms with Crippen LogP contribution >= 0.6 is 0 Å². The van der Waals surface area contributed by atoms with Crippen LogP contribution in [0.5, 0.6) is 0 Å². The minimum absolute atomic E-state index is 0.00204. The summed E-state index contributed by atoms with van der Waals surface area (Å²) in [6, 6.07) is 6.03. The second-order valence-electron chi connectivity index (χ2n) is 4.14.